The summed E-state index contributed by atoms with van der Waals surface area (Å²) in [6, 6.07) is 16.1. The van der Waals surface area contributed by atoms with Gasteiger partial charge in [0.25, 0.3) is 0 Å². The Morgan fingerprint density at radius 1 is 0.967 bits per heavy atom. The van der Waals surface area contributed by atoms with Crippen molar-refractivity contribution in [2.45, 2.75) is 12.5 Å². The number of rotatable bonds is 5. The van der Waals surface area contributed by atoms with Gasteiger partial charge in [0.1, 0.15) is 0 Å². The molecule has 2 aliphatic rings. The van der Waals surface area contributed by atoms with Crippen molar-refractivity contribution in [3.05, 3.63) is 64.1 Å². The first-order valence-corrected chi connectivity index (χ1v) is 11.3. The summed E-state index contributed by atoms with van der Waals surface area (Å²) in [6.45, 7) is 6.65. The Kier molecular flexibility index (Phi) is 7.16. The predicted octanol–water partition coefficient (Wildman–Crippen LogP) is 3.16. The highest BCUT2D eigenvalue weighted by Crippen LogP contribution is 2.27. The van der Waals surface area contributed by atoms with E-state index in [0.717, 1.165) is 64.5 Å². The molecule has 4 rings (SSSR count). The van der Waals surface area contributed by atoms with E-state index in [4.69, 9.17) is 23.2 Å². The summed E-state index contributed by atoms with van der Waals surface area (Å²) in [5, 5.41) is 4.55. The van der Waals surface area contributed by atoms with Crippen LogP contribution in [0.1, 0.15) is 5.56 Å². The van der Waals surface area contributed by atoms with Crippen molar-refractivity contribution >= 4 is 34.8 Å². The zero-order chi connectivity index (χ0) is 20.9. The van der Waals surface area contributed by atoms with E-state index in [0.29, 0.717) is 10.0 Å². The van der Waals surface area contributed by atoms with Crippen LogP contribution >= 0.6 is 23.2 Å². The molecule has 1 N–H and O–H groups in total. The first kappa shape index (κ1) is 21.4. The molecule has 2 aliphatic heterocycles. The molecule has 30 heavy (non-hydrogen) atoms. The lowest BCUT2D eigenvalue weighted by Crippen LogP contribution is -2.60. The fourth-order valence-electron chi connectivity index (χ4n) is 4.20. The molecule has 5 nitrogen and oxygen atoms in total. The second kappa shape index (κ2) is 10.0. The van der Waals surface area contributed by atoms with Gasteiger partial charge in [0.05, 0.1) is 16.1 Å². The molecule has 0 spiro atoms. The molecule has 7 heteroatoms. The maximum absolute atomic E-state index is 13.1. The Morgan fingerprint density at radius 3 is 2.47 bits per heavy atom. The third-order valence-corrected chi connectivity index (χ3v) is 6.72. The minimum Gasteiger partial charge on any atom is -0.368 e. The molecule has 0 aliphatic carbocycles. The fraction of sp³-hybridized carbons (Fsp3) is 0.435. The van der Waals surface area contributed by atoms with Crippen LogP contribution in [0.25, 0.3) is 0 Å². The molecule has 2 fully saturated rings. The van der Waals surface area contributed by atoms with E-state index in [1.165, 1.54) is 5.56 Å². The lowest BCUT2D eigenvalue weighted by atomic mass is 10.1. The lowest BCUT2D eigenvalue weighted by Gasteiger charge is -2.40. The quantitative estimate of drug-likeness (QED) is 0.765. The highest BCUT2D eigenvalue weighted by molar-refractivity contribution is 6.42. The molecule has 0 unspecified atom stereocenters. The molecule has 2 aromatic carbocycles. The highest BCUT2D eigenvalue weighted by atomic mass is 35.5. The molecule has 2 saturated heterocycles. The number of nitrogens with one attached hydrogen (secondary N) is 1. The average Bonchev–Trinajstić information content (AvgIpc) is 2.80. The van der Waals surface area contributed by atoms with Crippen LogP contribution in [0.4, 0.5) is 5.69 Å². The zero-order valence-corrected chi connectivity index (χ0v) is 18.6. The predicted molar refractivity (Wildman–Crippen MR) is 124 cm³/mol. The maximum Gasteiger partial charge on any atom is 0.241 e. The van der Waals surface area contributed by atoms with Crippen molar-refractivity contribution in [1.82, 2.24) is 15.1 Å². The van der Waals surface area contributed by atoms with Crippen LogP contribution in [-0.4, -0.2) is 74.1 Å². The summed E-state index contributed by atoms with van der Waals surface area (Å²) in [4.78, 5) is 19.7. The number of halogens is 2. The summed E-state index contributed by atoms with van der Waals surface area (Å²) < 4.78 is 0. The normalized spacial score (nSPS) is 20.4. The van der Waals surface area contributed by atoms with Crippen LogP contribution in [0, 0.1) is 0 Å². The highest BCUT2D eigenvalue weighted by Gasteiger charge is 2.30. The summed E-state index contributed by atoms with van der Waals surface area (Å²) >= 11 is 12.2. The number of piperazine rings is 2. The molecular weight excluding hydrogens is 419 g/mol. The van der Waals surface area contributed by atoms with Crippen molar-refractivity contribution in [1.29, 1.82) is 0 Å². The monoisotopic (exact) mass is 446 g/mol. The fourth-order valence-corrected chi connectivity index (χ4v) is 4.49. The number of carbonyl (C=O) groups is 1. The second-order valence-corrected chi connectivity index (χ2v) is 8.77. The molecule has 0 bridgehead atoms. The molecule has 0 radical (unpaired) electrons. The smallest absolute Gasteiger partial charge is 0.241 e. The number of amides is 1. The van der Waals surface area contributed by atoms with Gasteiger partial charge in [-0.15, -0.1) is 0 Å². The van der Waals surface area contributed by atoms with Gasteiger partial charge in [-0.05, 0) is 30.2 Å². The van der Waals surface area contributed by atoms with Crippen LogP contribution in [0.2, 0.25) is 10.0 Å². The van der Waals surface area contributed by atoms with Crippen molar-refractivity contribution in [2.24, 2.45) is 0 Å². The van der Waals surface area contributed by atoms with E-state index in [9.17, 15) is 4.79 Å². The third kappa shape index (κ3) is 5.27. The summed E-state index contributed by atoms with van der Waals surface area (Å²) in [7, 11) is 0. The maximum atomic E-state index is 13.1. The van der Waals surface area contributed by atoms with Gasteiger partial charge in [0.2, 0.25) is 5.91 Å². The number of benzene rings is 2. The topological polar surface area (TPSA) is 38.8 Å². The molecule has 160 valence electrons. The first-order valence-electron chi connectivity index (χ1n) is 10.6. The standard InChI is InChI=1S/C23H28Cl2N4O/c24-20-7-6-19(16-21(20)25)28-12-14-29(15-13-28)23(30)22-17-27(11-9-26-22)10-8-18-4-2-1-3-5-18/h1-7,16,22,26H,8-15,17H2/t22-/m1/s1. The number of carbonyl (C=O) groups excluding carboxylic acids is 1. The van der Waals surface area contributed by atoms with Crippen LogP contribution in [0.3, 0.4) is 0 Å². The Bertz CT molecular complexity index is 856. The van der Waals surface area contributed by atoms with Gasteiger partial charge in [-0.3, -0.25) is 9.69 Å². The minimum atomic E-state index is -0.119. The Hall–Kier alpha value is -1.79. The SMILES string of the molecule is O=C([C@H]1CN(CCc2ccccc2)CCN1)N1CCN(c2ccc(Cl)c(Cl)c2)CC1. The average molecular weight is 447 g/mol. The third-order valence-electron chi connectivity index (χ3n) is 5.98. The van der Waals surface area contributed by atoms with Crippen molar-refractivity contribution in [3.8, 4) is 0 Å². The van der Waals surface area contributed by atoms with Gasteiger partial charge in [0, 0.05) is 58.0 Å². The van der Waals surface area contributed by atoms with Crippen LogP contribution in [0.15, 0.2) is 48.5 Å². The first-order chi connectivity index (χ1) is 14.6. The van der Waals surface area contributed by atoms with Crippen LogP contribution in [0.5, 0.6) is 0 Å². The van der Waals surface area contributed by atoms with Crippen molar-refractivity contribution in [3.63, 3.8) is 0 Å². The Balaban J connectivity index is 1.27. The van der Waals surface area contributed by atoms with Gasteiger partial charge in [-0.25, -0.2) is 0 Å². The number of nitrogens with zero attached hydrogens (tertiary/aromatic N) is 3. The summed E-state index contributed by atoms with van der Waals surface area (Å²) in [6.07, 6.45) is 1.02. The van der Waals surface area contributed by atoms with E-state index < -0.39 is 0 Å². The van der Waals surface area contributed by atoms with Crippen molar-refractivity contribution < 1.29 is 4.79 Å². The zero-order valence-electron chi connectivity index (χ0n) is 17.1. The van der Waals surface area contributed by atoms with E-state index in [1.54, 1.807) is 0 Å². The molecule has 1 atom stereocenters. The molecule has 0 aromatic heterocycles. The van der Waals surface area contributed by atoms with Gasteiger partial charge in [-0.1, -0.05) is 53.5 Å². The van der Waals surface area contributed by atoms with E-state index in [1.807, 2.05) is 29.2 Å². The Morgan fingerprint density at radius 2 is 1.73 bits per heavy atom. The largest absolute Gasteiger partial charge is 0.368 e. The molecule has 0 saturated carbocycles. The van der Waals surface area contributed by atoms with Gasteiger partial charge in [-0.2, -0.15) is 0 Å². The number of anilines is 1. The van der Waals surface area contributed by atoms with E-state index in [-0.39, 0.29) is 11.9 Å². The number of hydrogen-bond acceptors (Lipinski definition) is 4. The lowest BCUT2D eigenvalue weighted by molar-refractivity contribution is -0.134. The van der Waals surface area contributed by atoms with E-state index >= 15 is 0 Å². The molecule has 2 heterocycles. The van der Waals surface area contributed by atoms with Gasteiger partial charge >= 0.3 is 0 Å². The summed E-state index contributed by atoms with van der Waals surface area (Å²) in [5.74, 6) is 0.216. The van der Waals surface area contributed by atoms with Crippen LogP contribution in [-0.2, 0) is 11.2 Å². The number of hydrogen-bond donors (Lipinski definition) is 1. The van der Waals surface area contributed by atoms with E-state index in [2.05, 4.69) is 39.4 Å². The minimum absolute atomic E-state index is 0.119. The van der Waals surface area contributed by atoms with Crippen molar-refractivity contribution in [2.75, 3.05) is 57.3 Å². The van der Waals surface area contributed by atoms with Gasteiger partial charge in [0.15, 0.2) is 0 Å². The van der Waals surface area contributed by atoms with Gasteiger partial charge < -0.3 is 15.1 Å². The second-order valence-electron chi connectivity index (χ2n) is 7.95. The summed E-state index contributed by atoms with van der Waals surface area (Å²) in [5.41, 5.74) is 2.40. The molecular formula is C23H28Cl2N4O. The molecule has 2 aromatic rings. The molecule has 1 amide bonds. The van der Waals surface area contributed by atoms with Crippen LogP contribution < -0.4 is 10.2 Å². The Labute approximate surface area is 188 Å².